The van der Waals surface area contributed by atoms with Crippen molar-refractivity contribution < 1.29 is 0 Å². The minimum Gasteiger partial charge on any atom is -0.302 e. The quantitative estimate of drug-likeness (QED) is 0.854. The van der Waals surface area contributed by atoms with E-state index in [0.29, 0.717) is 0 Å². The molecule has 0 amide bonds. The number of rotatable bonds is 4. The third-order valence-electron chi connectivity index (χ3n) is 3.22. The fourth-order valence-corrected chi connectivity index (χ4v) is 3.86. The molecule has 0 aliphatic heterocycles. The second-order valence-electron chi connectivity index (χ2n) is 4.81. The highest BCUT2D eigenvalue weighted by Gasteiger charge is 2.17. The highest BCUT2D eigenvalue weighted by molar-refractivity contribution is 9.10. The number of aryl methyl sites for hydroxylation is 2. The van der Waals surface area contributed by atoms with Crippen LogP contribution >= 0.6 is 27.3 Å². The normalized spacial score (nSPS) is 14.4. The lowest BCUT2D eigenvalue weighted by Gasteiger charge is -2.20. The van der Waals surface area contributed by atoms with Gasteiger partial charge in [0.2, 0.25) is 0 Å². The van der Waals surface area contributed by atoms with Gasteiger partial charge in [0.25, 0.3) is 0 Å². The molecule has 2 aromatic rings. The van der Waals surface area contributed by atoms with Crippen molar-refractivity contribution in [3.8, 4) is 0 Å². The Bertz CT molecular complexity index is 565. The summed E-state index contributed by atoms with van der Waals surface area (Å²) < 4.78 is 1.15. The average Bonchev–Trinajstić information content (AvgIpc) is 2.69. The Balaban J connectivity index is 2.13. The summed E-state index contributed by atoms with van der Waals surface area (Å²) in [6.07, 6.45) is 0. The molecule has 0 bridgehead atoms. The van der Waals surface area contributed by atoms with Crippen LogP contribution in [-0.4, -0.2) is 4.98 Å². The smallest absolute Gasteiger partial charge is 0.0900 e. The van der Waals surface area contributed by atoms with E-state index < -0.39 is 0 Å². The van der Waals surface area contributed by atoms with Gasteiger partial charge in [-0.25, -0.2) is 4.98 Å². The number of hydrogen-bond donors (Lipinski definition) is 1. The maximum atomic E-state index is 4.62. The third-order valence-corrected chi connectivity index (χ3v) is 4.85. The van der Waals surface area contributed by atoms with Crippen LogP contribution in [0.1, 0.15) is 47.1 Å². The van der Waals surface area contributed by atoms with Gasteiger partial charge in [-0.2, -0.15) is 0 Å². The topological polar surface area (TPSA) is 24.9 Å². The fraction of sp³-hybridized carbons (Fsp3) is 0.400. The van der Waals surface area contributed by atoms with Crippen molar-refractivity contribution in [2.45, 2.75) is 39.8 Å². The summed E-state index contributed by atoms with van der Waals surface area (Å²) in [5.41, 5.74) is 2.44. The maximum absolute atomic E-state index is 4.62. The fourth-order valence-electron chi connectivity index (χ4n) is 2.32. The molecule has 1 N–H and O–H groups in total. The molecule has 1 aromatic heterocycles. The van der Waals surface area contributed by atoms with Crippen LogP contribution in [-0.2, 0) is 0 Å². The highest BCUT2D eigenvalue weighted by Crippen LogP contribution is 2.27. The number of benzene rings is 1. The Labute approximate surface area is 127 Å². The lowest BCUT2D eigenvalue weighted by atomic mass is 10.1. The zero-order valence-corrected chi connectivity index (χ0v) is 14.1. The van der Waals surface area contributed by atoms with Gasteiger partial charge in [0.05, 0.1) is 10.7 Å². The van der Waals surface area contributed by atoms with Crippen LogP contribution in [0.15, 0.2) is 28.7 Å². The minimum atomic E-state index is 0.257. The lowest BCUT2D eigenvalue weighted by molar-refractivity contribution is 0.485. The first-order chi connectivity index (χ1) is 8.99. The van der Waals surface area contributed by atoms with E-state index in [2.05, 4.69) is 72.1 Å². The van der Waals surface area contributed by atoms with Gasteiger partial charge in [0.1, 0.15) is 0 Å². The molecule has 0 aliphatic carbocycles. The van der Waals surface area contributed by atoms with Crippen LogP contribution in [0.4, 0.5) is 0 Å². The summed E-state index contributed by atoms with van der Waals surface area (Å²) in [5.74, 6) is 0. The Kier molecular flexibility index (Phi) is 4.76. The van der Waals surface area contributed by atoms with Crippen molar-refractivity contribution in [2.24, 2.45) is 0 Å². The van der Waals surface area contributed by atoms with Gasteiger partial charge in [0, 0.05) is 21.4 Å². The Morgan fingerprint density at radius 2 is 1.84 bits per heavy atom. The van der Waals surface area contributed by atoms with E-state index in [1.165, 1.54) is 16.1 Å². The van der Waals surface area contributed by atoms with Crippen molar-refractivity contribution in [3.63, 3.8) is 0 Å². The van der Waals surface area contributed by atoms with Crippen molar-refractivity contribution in [2.75, 3.05) is 0 Å². The molecule has 2 rings (SSSR count). The number of nitrogens with zero attached hydrogens (tertiary/aromatic N) is 1. The second kappa shape index (κ2) is 6.16. The average molecular weight is 339 g/mol. The number of thiazole rings is 1. The van der Waals surface area contributed by atoms with E-state index >= 15 is 0 Å². The molecule has 2 atom stereocenters. The van der Waals surface area contributed by atoms with Crippen LogP contribution < -0.4 is 5.32 Å². The van der Waals surface area contributed by atoms with E-state index in [9.17, 15) is 0 Å². The molecule has 0 spiro atoms. The summed E-state index contributed by atoms with van der Waals surface area (Å²) in [7, 11) is 0. The van der Waals surface area contributed by atoms with Gasteiger partial charge in [-0.15, -0.1) is 11.3 Å². The van der Waals surface area contributed by atoms with Crippen LogP contribution in [0.3, 0.4) is 0 Å². The molecule has 0 saturated heterocycles. The third kappa shape index (κ3) is 3.44. The molecule has 4 heteroatoms. The number of halogens is 1. The Hall–Kier alpha value is -0.710. The van der Waals surface area contributed by atoms with Gasteiger partial charge in [-0.05, 0) is 39.3 Å². The van der Waals surface area contributed by atoms with E-state index in [0.717, 1.165) is 9.48 Å². The minimum absolute atomic E-state index is 0.257. The van der Waals surface area contributed by atoms with Gasteiger partial charge in [0.15, 0.2) is 0 Å². The molecule has 2 nitrogen and oxygen atoms in total. The largest absolute Gasteiger partial charge is 0.302 e. The Morgan fingerprint density at radius 1 is 1.16 bits per heavy atom. The summed E-state index contributed by atoms with van der Waals surface area (Å²) >= 11 is 5.37. The summed E-state index contributed by atoms with van der Waals surface area (Å²) in [6.45, 7) is 8.56. The van der Waals surface area contributed by atoms with Crippen molar-refractivity contribution in [3.05, 3.63) is 49.9 Å². The number of aromatic nitrogens is 1. The molecular weight excluding hydrogens is 320 g/mol. The van der Waals surface area contributed by atoms with Crippen LogP contribution in [0.5, 0.6) is 0 Å². The van der Waals surface area contributed by atoms with Crippen molar-refractivity contribution in [1.29, 1.82) is 0 Å². The van der Waals surface area contributed by atoms with Gasteiger partial charge in [-0.3, -0.25) is 0 Å². The standard InChI is InChI=1S/C15H19BrN2S/c1-9(13-7-5-6-8-14(13)16)17-10(2)15-11(3)19-12(4)18-15/h5-10,17H,1-4H3. The van der Waals surface area contributed by atoms with Crippen LogP contribution in [0.25, 0.3) is 0 Å². The van der Waals surface area contributed by atoms with E-state index in [-0.39, 0.29) is 12.1 Å². The first-order valence-corrected chi connectivity index (χ1v) is 8.04. The van der Waals surface area contributed by atoms with E-state index in [4.69, 9.17) is 0 Å². The number of hydrogen-bond acceptors (Lipinski definition) is 3. The van der Waals surface area contributed by atoms with E-state index in [1.54, 1.807) is 11.3 Å². The molecule has 1 heterocycles. The number of nitrogens with one attached hydrogen (secondary N) is 1. The lowest BCUT2D eigenvalue weighted by Crippen LogP contribution is -2.23. The molecular formula is C15H19BrN2S. The molecule has 102 valence electrons. The predicted molar refractivity (Wildman–Crippen MR) is 85.7 cm³/mol. The maximum Gasteiger partial charge on any atom is 0.0900 e. The van der Waals surface area contributed by atoms with E-state index in [1.807, 2.05) is 6.07 Å². The highest BCUT2D eigenvalue weighted by atomic mass is 79.9. The molecule has 0 fully saturated rings. The SMILES string of the molecule is Cc1nc(C(C)NC(C)c2ccccc2Br)c(C)s1. The molecule has 0 aliphatic rings. The molecule has 2 unspecified atom stereocenters. The van der Waals surface area contributed by atoms with Gasteiger partial charge in [-0.1, -0.05) is 34.1 Å². The summed E-state index contributed by atoms with van der Waals surface area (Å²) in [4.78, 5) is 5.93. The van der Waals surface area contributed by atoms with Gasteiger partial charge < -0.3 is 5.32 Å². The van der Waals surface area contributed by atoms with Gasteiger partial charge >= 0.3 is 0 Å². The summed E-state index contributed by atoms with van der Waals surface area (Å²) in [6, 6.07) is 8.88. The predicted octanol–water partition coefficient (Wildman–Crippen LogP) is 4.93. The monoisotopic (exact) mass is 338 g/mol. The summed E-state index contributed by atoms with van der Waals surface area (Å²) in [5, 5.41) is 4.76. The molecule has 19 heavy (non-hydrogen) atoms. The zero-order chi connectivity index (χ0) is 14.0. The Morgan fingerprint density at radius 3 is 2.42 bits per heavy atom. The van der Waals surface area contributed by atoms with Crippen molar-refractivity contribution >= 4 is 27.3 Å². The van der Waals surface area contributed by atoms with Crippen LogP contribution in [0, 0.1) is 13.8 Å². The molecule has 0 radical (unpaired) electrons. The first kappa shape index (κ1) is 14.7. The van der Waals surface area contributed by atoms with Crippen molar-refractivity contribution in [1.82, 2.24) is 10.3 Å². The molecule has 0 saturated carbocycles. The van der Waals surface area contributed by atoms with Crippen LogP contribution in [0.2, 0.25) is 0 Å². The second-order valence-corrected chi connectivity index (χ2v) is 7.07. The zero-order valence-electron chi connectivity index (χ0n) is 11.7. The molecule has 1 aromatic carbocycles. The first-order valence-electron chi connectivity index (χ1n) is 6.43.